The van der Waals surface area contributed by atoms with Crippen molar-refractivity contribution < 1.29 is 14.3 Å². The highest BCUT2D eigenvalue weighted by molar-refractivity contribution is 5.83. The van der Waals surface area contributed by atoms with Gasteiger partial charge in [0.05, 0.1) is 17.4 Å². The molecule has 0 radical (unpaired) electrons. The molecule has 6 heteroatoms. The van der Waals surface area contributed by atoms with Crippen LogP contribution in [0.4, 0.5) is 0 Å². The summed E-state index contributed by atoms with van der Waals surface area (Å²) in [6.07, 6.45) is 3.87. The Morgan fingerprint density at radius 3 is 2.80 bits per heavy atom. The molecule has 20 heavy (non-hydrogen) atoms. The number of hydrogen-bond donors (Lipinski definition) is 1. The second-order valence-corrected chi connectivity index (χ2v) is 5.20. The molecule has 6 nitrogen and oxygen atoms in total. The number of amides is 1. The average molecular weight is 273 g/mol. The van der Waals surface area contributed by atoms with E-state index in [1.165, 1.54) is 0 Å². The highest BCUT2D eigenvalue weighted by atomic mass is 16.6. The SMILES string of the molecule is O=C(Cn1cnc2cc3c(cc21)OCCO3)NC1CC1. The number of nitrogens with zero attached hydrogens (tertiary/aromatic N) is 2. The van der Waals surface area contributed by atoms with Gasteiger partial charge in [-0.2, -0.15) is 0 Å². The Morgan fingerprint density at radius 2 is 2.05 bits per heavy atom. The van der Waals surface area contributed by atoms with E-state index in [2.05, 4.69) is 10.3 Å². The molecule has 1 amide bonds. The summed E-state index contributed by atoms with van der Waals surface area (Å²) in [5.74, 6) is 1.46. The molecule has 1 aliphatic carbocycles. The number of ether oxygens (including phenoxy) is 2. The lowest BCUT2D eigenvalue weighted by Crippen LogP contribution is -2.29. The fourth-order valence-corrected chi connectivity index (χ4v) is 2.38. The first-order chi connectivity index (χ1) is 9.79. The summed E-state index contributed by atoms with van der Waals surface area (Å²) < 4.78 is 12.9. The van der Waals surface area contributed by atoms with E-state index in [9.17, 15) is 4.79 Å². The molecule has 1 aliphatic heterocycles. The number of carbonyl (C=O) groups excluding carboxylic acids is 1. The molecule has 2 aliphatic rings. The van der Waals surface area contributed by atoms with E-state index in [4.69, 9.17) is 9.47 Å². The van der Waals surface area contributed by atoms with Crippen LogP contribution >= 0.6 is 0 Å². The summed E-state index contributed by atoms with van der Waals surface area (Å²) in [6, 6.07) is 4.13. The first-order valence-electron chi connectivity index (χ1n) is 6.83. The third-order valence-electron chi connectivity index (χ3n) is 3.54. The van der Waals surface area contributed by atoms with Crippen LogP contribution < -0.4 is 14.8 Å². The van der Waals surface area contributed by atoms with Crippen LogP contribution in [0.15, 0.2) is 18.5 Å². The lowest BCUT2D eigenvalue weighted by atomic mass is 10.2. The summed E-state index contributed by atoms with van der Waals surface area (Å²) in [5, 5.41) is 2.98. The maximum absolute atomic E-state index is 11.9. The van der Waals surface area contributed by atoms with Crippen molar-refractivity contribution in [3.63, 3.8) is 0 Å². The van der Waals surface area contributed by atoms with E-state index in [1.54, 1.807) is 6.33 Å². The molecule has 0 bridgehead atoms. The summed E-state index contributed by atoms with van der Waals surface area (Å²) in [7, 11) is 0. The van der Waals surface area contributed by atoms with Gasteiger partial charge in [0, 0.05) is 18.2 Å². The lowest BCUT2D eigenvalue weighted by Gasteiger charge is -2.18. The minimum absolute atomic E-state index is 0.0293. The number of carbonyl (C=O) groups is 1. The molecule has 1 fully saturated rings. The number of aromatic nitrogens is 2. The topological polar surface area (TPSA) is 65.4 Å². The molecule has 0 saturated heterocycles. The van der Waals surface area contributed by atoms with Crippen molar-refractivity contribution in [1.29, 1.82) is 0 Å². The van der Waals surface area contributed by atoms with Crippen molar-refractivity contribution in [2.45, 2.75) is 25.4 Å². The minimum Gasteiger partial charge on any atom is -0.486 e. The van der Waals surface area contributed by atoms with Crippen molar-refractivity contribution in [3.8, 4) is 11.5 Å². The quantitative estimate of drug-likeness (QED) is 0.909. The van der Waals surface area contributed by atoms with Gasteiger partial charge in [-0.05, 0) is 12.8 Å². The van der Waals surface area contributed by atoms with Gasteiger partial charge in [-0.3, -0.25) is 4.79 Å². The van der Waals surface area contributed by atoms with E-state index in [1.807, 2.05) is 16.7 Å². The zero-order chi connectivity index (χ0) is 13.5. The molecule has 1 saturated carbocycles. The maximum Gasteiger partial charge on any atom is 0.240 e. The minimum atomic E-state index is 0.0293. The molecule has 2 heterocycles. The Kier molecular flexibility index (Phi) is 2.55. The summed E-state index contributed by atoms with van der Waals surface area (Å²) in [4.78, 5) is 16.2. The molecule has 4 rings (SSSR count). The fraction of sp³-hybridized carbons (Fsp3) is 0.429. The molecule has 1 aromatic carbocycles. The molecule has 0 atom stereocenters. The normalized spacial score (nSPS) is 17.2. The number of imidazole rings is 1. The predicted octanol–water partition coefficient (Wildman–Crippen LogP) is 1.09. The Hall–Kier alpha value is -2.24. The molecule has 1 aromatic heterocycles. The second kappa shape index (κ2) is 4.40. The van der Waals surface area contributed by atoms with Gasteiger partial charge in [0.1, 0.15) is 19.8 Å². The van der Waals surface area contributed by atoms with Gasteiger partial charge in [-0.15, -0.1) is 0 Å². The van der Waals surface area contributed by atoms with Crippen molar-refractivity contribution in [1.82, 2.24) is 14.9 Å². The Labute approximate surface area is 115 Å². The van der Waals surface area contributed by atoms with Crippen LogP contribution in [-0.2, 0) is 11.3 Å². The first kappa shape index (κ1) is 11.6. The molecule has 104 valence electrons. The standard InChI is InChI=1S/C14H15N3O3/c18-14(16-9-1-2-9)7-17-8-15-10-5-12-13(6-11(10)17)20-4-3-19-12/h5-6,8-9H,1-4,7H2,(H,16,18). The zero-order valence-corrected chi connectivity index (χ0v) is 11.0. The van der Waals surface area contributed by atoms with Gasteiger partial charge in [-0.25, -0.2) is 4.98 Å². The predicted molar refractivity (Wildman–Crippen MR) is 71.9 cm³/mol. The maximum atomic E-state index is 11.9. The molecular weight excluding hydrogens is 258 g/mol. The highest BCUT2D eigenvalue weighted by Gasteiger charge is 2.23. The summed E-state index contributed by atoms with van der Waals surface area (Å²) in [6.45, 7) is 1.39. The third kappa shape index (κ3) is 2.07. The van der Waals surface area contributed by atoms with Crippen LogP contribution in [0.3, 0.4) is 0 Å². The van der Waals surface area contributed by atoms with Crippen molar-refractivity contribution >= 4 is 16.9 Å². The number of rotatable bonds is 3. The Balaban J connectivity index is 1.64. The number of fused-ring (bicyclic) bond motifs is 2. The summed E-state index contributed by atoms with van der Waals surface area (Å²) >= 11 is 0. The van der Waals surface area contributed by atoms with E-state index in [0.717, 1.165) is 29.6 Å². The molecule has 1 N–H and O–H groups in total. The van der Waals surface area contributed by atoms with Gasteiger partial charge in [0.15, 0.2) is 11.5 Å². The molecular formula is C14H15N3O3. The number of benzene rings is 1. The van der Waals surface area contributed by atoms with Crippen molar-refractivity contribution in [3.05, 3.63) is 18.5 Å². The molecule has 0 unspecified atom stereocenters. The molecule has 0 spiro atoms. The van der Waals surface area contributed by atoms with Crippen LogP contribution in [0.1, 0.15) is 12.8 Å². The van der Waals surface area contributed by atoms with Gasteiger partial charge in [0.2, 0.25) is 5.91 Å². The second-order valence-electron chi connectivity index (χ2n) is 5.20. The fourth-order valence-electron chi connectivity index (χ4n) is 2.38. The number of nitrogens with one attached hydrogen (secondary N) is 1. The first-order valence-corrected chi connectivity index (χ1v) is 6.83. The van der Waals surface area contributed by atoms with Crippen LogP contribution in [0.5, 0.6) is 11.5 Å². The van der Waals surface area contributed by atoms with E-state index < -0.39 is 0 Å². The monoisotopic (exact) mass is 273 g/mol. The van der Waals surface area contributed by atoms with Crippen LogP contribution in [0, 0.1) is 0 Å². The molecule has 2 aromatic rings. The van der Waals surface area contributed by atoms with Gasteiger partial charge in [-0.1, -0.05) is 0 Å². The average Bonchev–Trinajstić information content (AvgIpc) is 3.18. The number of hydrogen-bond acceptors (Lipinski definition) is 4. The lowest BCUT2D eigenvalue weighted by molar-refractivity contribution is -0.121. The largest absolute Gasteiger partial charge is 0.486 e. The third-order valence-corrected chi connectivity index (χ3v) is 3.54. The van der Waals surface area contributed by atoms with Gasteiger partial charge >= 0.3 is 0 Å². The van der Waals surface area contributed by atoms with Gasteiger partial charge < -0.3 is 19.4 Å². The van der Waals surface area contributed by atoms with Gasteiger partial charge in [0.25, 0.3) is 0 Å². The summed E-state index contributed by atoms with van der Waals surface area (Å²) in [5.41, 5.74) is 1.70. The van der Waals surface area contributed by atoms with Crippen LogP contribution in [0.25, 0.3) is 11.0 Å². The van der Waals surface area contributed by atoms with Crippen LogP contribution in [0.2, 0.25) is 0 Å². The zero-order valence-electron chi connectivity index (χ0n) is 11.0. The van der Waals surface area contributed by atoms with Crippen molar-refractivity contribution in [2.24, 2.45) is 0 Å². The smallest absolute Gasteiger partial charge is 0.240 e. The van der Waals surface area contributed by atoms with Crippen LogP contribution in [-0.4, -0.2) is 34.7 Å². The van der Waals surface area contributed by atoms with E-state index in [-0.39, 0.29) is 12.5 Å². The van der Waals surface area contributed by atoms with E-state index in [0.29, 0.717) is 25.0 Å². The van der Waals surface area contributed by atoms with E-state index >= 15 is 0 Å². The van der Waals surface area contributed by atoms with Crippen molar-refractivity contribution in [2.75, 3.05) is 13.2 Å². The Bertz CT molecular complexity index is 676. The highest BCUT2D eigenvalue weighted by Crippen LogP contribution is 2.34. The Morgan fingerprint density at radius 1 is 1.30 bits per heavy atom.